The van der Waals surface area contributed by atoms with E-state index in [9.17, 15) is 4.79 Å². The van der Waals surface area contributed by atoms with Gasteiger partial charge in [-0.05, 0) is 42.7 Å². The maximum atomic E-state index is 11.7. The number of rotatable bonds is 5. The van der Waals surface area contributed by atoms with Gasteiger partial charge in [0, 0.05) is 19.1 Å². The molecule has 0 aliphatic carbocycles. The molecular formula is C12H22N6O. The smallest absolute Gasteiger partial charge is 0.241 e. The first-order chi connectivity index (χ1) is 9.15. The maximum Gasteiger partial charge on any atom is 0.241 e. The molecule has 0 unspecified atom stereocenters. The quantitative estimate of drug-likeness (QED) is 0.806. The zero-order valence-corrected chi connectivity index (χ0v) is 11.6. The number of carbonyl (C=O) groups is 1. The summed E-state index contributed by atoms with van der Waals surface area (Å²) in [6.07, 6.45) is 4.01. The lowest BCUT2D eigenvalue weighted by molar-refractivity contribution is -0.122. The number of amides is 1. The molecule has 106 valence electrons. The van der Waals surface area contributed by atoms with Crippen LogP contribution in [-0.2, 0) is 11.3 Å². The molecule has 2 rings (SSSR count). The number of likely N-dealkylation sites (tertiary alicyclic amines) is 1. The molecule has 7 nitrogen and oxygen atoms in total. The zero-order chi connectivity index (χ0) is 13.7. The van der Waals surface area contributed by atoms with Crippen LogP contribution in [0.1, 0.15) is 26.7 Å². The Bertz CT molecular complexity index is 393. The van der Waals surface area contributed by atoms with Gasteiger partial charge in [-0.2, -0.15) is 0 Å². The Labute approximate surface area is 113 Å². The summed E-state index contributed by atoms with van der Waals surface area (Å²) in [5.74, 6) is 0.706. The van der Waals surface area contributed by atoms with Gasteiger partial charge < -0.3 is 5.32 Å². The van der Waals surface area contributed by atoms with Crippen LogP contribution in [0.3, 0.4) is 0 Å². The number of nitrogens with zero attached hydrogens (tertiary/aromatic N) is 5. The second-order valence-electron chi connectivity index (χ2n) is 5.40. The van der Waals surface area contributed by atoms with Crippen molar-refractivity contribution < 1.29 is 4.79 Å². The first kappa shape index (κ1) is 13.9. The molecule has 0 aromatic carbocycles. The first-order valence-electron chi connectivity index (χ1n) is 6.86. The van der Waals surface area contributed by atoms with Gasteiger partial charge in [0.1, 0.15) is 12.9 Å². The van der Waals surface area contributed by atoms with Gasteiger partial charge in [0.15, 0.2) is 0 Å². The lowest BCUT2D eigenvalue weighted by atomic mass is 9.99. The molecule has 1 aliphatic heterocycles. The third kappa shape index (κ3) is 4.27. The van der Waals surface area contributed by atoms with Gasteiger partial charge in [-0.25, -0.2) is 4.68 Å². The summed E-state index contributed by atoms with van der Waals surface area (Å²) >= 11 is 0. The van der Waals surface area contributed by atoms with Crippen LogP contribution in [0, 0.1) is 5.92 Å². The number of hydrogen-bond acceptors (Lipinski definition) is 5. The Hall–Kier alpha value is -1.50. The standard InChI is InChI=1S/C12H22N6O/c1-10-4-3-5-17(7-10)11(2)6-13-12(19)8-18-9-14-15-16-18/h9-11H,3-8H2,1-2H3,(H,13,19)/t10-,11-/m0/s1. The average Bonchev–Trinajstić information content (AvgIpc) is 2.88. The van der Waals surface area contributed by atoms with Crippen molar-refractivity contribution in [2.75, 3.05) is 19.6 Å². The number of nitrogens with one attached hydrogen (secondary N) is 1. The molecule has 1 aliphatic rings. The molecule has 19 heavy (non-hydrogen) atoms. The molecule has 1 aromatic heterocycles. The summed E-state index contributed by atoms with van der Waals surface area (Å²) in [7, 11) is 0. The molecule has 1 amide bonds. The van der Waals surface area contributed by atoms with Crippen molar-refractivity contribution in [3.05, 3.63) is 6.33 Å². The summed E-state index contributed by atoms with van der Waals surface area (Å²) in [5, 5.41) is 13.6. The van der Waals surface area contributed by atoms with Gasteiger partial charge in [-0.15, -0.1) is 5.10 Å². The summed E-state index contributed by atoms with van der Waals surface area (Å²) in [5.41, 5.74) is 0. The van der Waals surface area contributed by atoms with Crippen molar-refractivity contribution in [3.8, 4) is 0 Å². The van der Waals surface area contributed by atoms with E-state index in [1.165, 1.54) is 23.9 Å². The van der Waals surface area contributed by atoms with Gasteiger partial charge in [0.25, 0.3) is 0 Å². The molecule has 1 N–H and O–H groups in total. The van der Waals surface area contributed by atoms with Gasteiger partial charge in [-0.3, -0.25) is 9.69 Å². The Morgan fingerprint density at radius 3 is 3.11 bits per heavy atom. The minimum Gasteiger partial charge on any atom is -0.353 e. The number of tetrazole rings is 1. The molecule has 2 atom stereocenters. The van der Waals surface area contributed by atoms with E-state index >= 15 is 0 Å². The van der Waals surface area contributed by atoms with Crippen molar-refractivity contribution >= 4 is 5.91 Å². The van der Waals surface area contributed by atoms with E-state index in [0.717, 1.165) is 19.0 Å². The number of carbonyl (C=O) groups excluding carboxylic acids is 1. The highest BCUT2D eigenvalue weighted by molar-refractivity contribution is 5.75. The maximum absolute atomic E-state index is 11.7. The van der Waals surface area contributed by atoms with Crippen LogP contribution in [0.25, 0.3) is 0 Å². The minimum atomic E-state index is -0.0517. The summed E-state index contributed by atoms with van der Waals surface area (Å²) in [4.78, 5) is 14.2. The molecule has 0 saturated carbocycles. The third-order valence-electron chi connectivity index (χ3n) is 3.60. The predicted molar refractivity (Wildman–Crippen MR) is 70.3 cm³/mol. The molecule has 0 spiro atoms. The SMILES string of the molecule is C[C@H]1CCCN([C@@H](C)CNC(=O)Cn2cnnn2)C1. The van der Waals surface area contributed by atoms with Gasteiger partial charge in [-0.1, -0.05) is 6.92 Å². The van der Waals surface area contributed by atoms with E-state index in [1.807, 2.05) is 0 Å². The Balaban J connectivity index is 1.70. The summed E-state index contributed by atoms with van der Waals surface area (Å²) in [6.45, 7) is 7.56. The molecule has 7 heteroatoms. The van der Waals surface area contributed by atoms with Crippen LogP contribution in [0.15, 0.2) is 6.33 Å². The fourth-order valence-corrected chi connectivity index (χ4v) is 2.47. The van der Waals surface area contributed by atoms with Crippen molar-refractivity contribution in [1.82, 2.24) is 30.4 Å². The van der Waals surface area contributed by atoms with Crippen LogP contribution in [0.4, 0.5) is 0 Å². The molecular weight excluding hydrogens is 244 g/mol. The van der Waals surface area contributed by atoms with Crippen LogP contribution >= 0.6 is 0 Å². The number of aromatic nitrogens is 4. The van der Waals surface area contributed by atoms with E-state index in [2.05, 4.69) is 39.6 Å². The summed E-state index contributed by atoms with van der Waals surface area (Å²) < 4.78 is 1.42. The Morgan fingerprint density at radius 1 is 1.58 bits per heavy atom. The fourth-order valence-electron chi connectivity index (χ4n) is 2.47. The van der Waals surface area contributed by atoms with E-state index in [-0.39, 0.29) is 12.5 Å². The molecule has 2 heterocycles. The van der Waals surface area contributed by atoms with Crippen molar-refractivity contribution in [3.63, 3.8) is 0 Å². The number of hydrogen-bond donors (Lipinski definition) is 1. The second-order valence-corrected chi connectivity index (χ2v) is 5.40. The van der Waals surface area contributed by atoms with E-state index < -0.39 is 0 Å². The lowest BCUT2D eigenvalue weighted by Crippen LogP contribution is -2.46. The van der Waals surface area contributed by atoms with Gasteiger partial charge in [0.05, 0.1) is 0 Å². The second kappa shape index (κ2) is 6.60. The normalized spacial score (nSPS) is 22.1. The predicted octanol–water partition coefficient (Wildman–Crippen LogP) is -0.0903. The third-order valence-corrected chi connectivity index (χ3v) is 3.60. The highest BCUT2D eigenvalue weighted by atomic mass is 16.2. The monoisotopic (exact) mass is 266 g/mol. The minimum absolute atomic E-state index is 0.0517. The highest BCUT2D eigenvalue weighted by Gasteiger charge is 2.21. The van der Waals surface area contributed by atoms with E-state index in [4.69, 9.17) is 0 Å². The van der Waals surface area contributed by atoms with E-state index in [0.29, 0.717) is 12.6 Å². The topological polar surface area (TPSA) is 75.9 Å². The van der Waals surface area contributed by atoms with Gasteiger partial charge >= 0.3 is 0 Å². The molecule has 1 aromatic rings. The van der Waals surface area contributed by atoms with E-state index in [1.54, 1.807) is 0 Å². The Morgan fingerprint density at radius 2 is 2.42 bits per heavy atom. The largest absolute Gasteiger partial charge is 0.353 e. The molecule has 0 radical (unpaired) electrons. The lowest BCUT2D eigenvalue weighted by Gasteiger charge is -2.35. The summed E-state index contributed by atoms with van der Waals surface area (Å²) in [6, 6.07) is 0.376. The van der Waals surface area contributed by atoms with Crippen molar-refractivity contribution in [2.24, 2.45) is 5.92 Å². The molecule has 1 fully saturated rings. The first-order valence-corrected chi connectivity index (χ1v) is 6.86. The van der Waals surface area contributed by atoms with Crippen LogP contribution < -0.4 is 5.32 Å². The molecule has 1 saturated heterocycles. The van der Waals surface area contributed by atoms with Crippen LogP contribution in [0.5, 0.6) is 0 Å². The van der Waals surface area contributed by atoms with Crippen LogP contribution in [-0.4, -0.2) is 56.7 Å². The Kier molecular flexibility index (Phi) is 4.84. The highest BCUT2D eigenvalue weighted by Crippen LogP contribution is 2.17. The van der Waals surface area contributed by atoms with Crippen molar-refractivity contribution in [2.45, 2.75) is 39.3 Å². The zero-order valence-electron chi connectivity index (χ0n) is 11.6. The van der Waals surface area contributed by atoms with Gasteiger partial charge in [0.2, 0.25) is 5.91 Å². The van der Waals surface area contributed by atoms with Crippen molar-refractivity contribution in [1.29, 1.82) is 0 Å². The molecule has 0 bridgehead atoms. The number of piperidine rings is 1. The average molecular weight is 266 g/mol. The fraction of sp³-hybridized carbons (Fsp3) is 0.833. The van der Waals surface area contributed by atoms with Crippen LogP contribution in [0.2, 0.25) is 0 Å².